The molecule has 2 atom stereocenters. The van der Waals surface area contributed by atoms with E-state index < -0.39 is 0 Å². The topological polar surface area (TPSA) is 40.5 Å². The summed E-state index contributed by atoms with van der Waals surface area (Å²) in [6.45, 7) is 16.1. The molecule has 2 unspecified atom stereocenters. The molecule has 6 heteroatoms. The van der Waals surface area contributed by atoms with Gasteiger partial charge in [0.25, 0.3) is 0 Å². The Morgan fingerprint density at radius 3 is 0.917 bits per heavy atom. The molecule has 0 amide bonds. The number of hydrogen-bond donors (Lipinski definition) is 2. The quantitative estimate of drug-likeness (QED) is 0.0409. The fourth-order valence-corrected chi connectivity index (χ4v) is 8.15. The molecular weight excluding hydrogens is 580 g/mol. The average Bonchev–Trinajstić information content (AvgIpc) is 2.85. The SMILES string of the molecule is CCC[N+](CCC)(CCO)C(Br)CCCCCCCCCCCCC(Br)[N+](CCC)(CCC)CCO. The molecule has 0 aromatic carbocycles. The lowest BCUT2D eigenvalue weighted by Gasteiger charge is -2.42. The Labute approximate surface area is 243 Å². The largest absolute Gasteiger partial charge is 0.391 e. The Hall–Kier alpha value is 0.800. The van der Waals surface area contributed by atoms with Crippen LogP contribution in [-0.2, 0) is 0 Å². The zero-order chi connectivity index (χ0) is 27.1. The summed E-state index contributed by atoms with van der Waals surface area (Å²) >= 11 is 8.03. The van der Waals surface area contributed by atoms with E-state index in [1.165, 1.54) is 129 Å². The van der Waals surface area contributed by atoms with E-state index in [1.54, 1.807) is 0 Å². The molecule has 0 aliphatic rings. The minimum atomic E-state index is 0.292. The van der Waals surface area contributed by atoms with E-state index in [0.29, 0.717) is 23.1 Å². The smallest absolute Gasteiger partial charge is 0.144 e. The van der Waals surface area contributed by atoms with Crippen LogP contribution < -0.4 is 0 Å². The fraction of sp³-hybridized carbons (Fsp3) is 1.00. The fourth-order valence-electron chi connectivity index (χ4n) is 6.28. The van der Waals surface area contributed by atoms with Crippen molar-refractivity contribution in [2.45, 2.75) is 140 Å². The Bertz CT molecular complexity index is 406. The summed E-state index contributed by atoms with van der Waals surface area (Å²) in [7, 11) is 0. The molecule has 36 heavy (non-hydrogen) atoms. The second-order valence-electron chi connectivity index (χ2n) is 11.2. The highest BCUT2D eigenvalue weighted by Gasteiger charge is 2.33. The van der Waals surface area contributed by atoms with Gasteiger partial charge in [0.1, 0.15) is 23.0 Å². The van der Waals surface area contributed by atoms with Crippen molar-refractivity contribution in [3.05, 3.63) is 0 Å². The van der Waals surface area contributed by atoms with E-state index in [1.807, 2.05) is 0 Å². The number of halogens is 2. The zero-order valence-electron chi connectivity index (χ0n) is 24.7. The van der Waals surface area contributed by atoms with Crippen LogP contribution in [-0.4, -0.2) is 81.6 Å². The van der Waals surface area contributed by atoms with E-state index in [-0.39, 0.29) is 0 Å². The van der Waals surface area contributed by atoms with Gasteiger partial charge in [0, 0.05) is 12.8 Å². The molecule has 0 aliphatic heterocycles. The molecule has 0 aromatic heterocycles. The maximum absolute atomic E-state index is 9.63. The molecule has 0 aliphatic carbocycles. The van der Waals surface area contributed by atoms with Gasteiger partial charge < -0.3 is 19.2 Å². The summed E-state index contributed by atoms with van der Waals surface area (Å²) in [6.07, 6.45) is 20.7. The van der Waals surface area contributed by atoms with Gasteiger partial charge in [-0.2, -0.15) is 0 Å². The van der Waals surface area contributed by atoms with Crippen molar-refractivity contribution in [2.75, 3.05) is 52.5 Å². The first-order valence-electron chi connectivity index (χ1n) is 15.6. The van der Waals surface area contributed by atoms with Crippen LogP contribution in [0.3, 0.4) is 0 Å². The van der Waals surface area contributed by atoms with Crippen LogP contribution in [0.1, 0.15) is 130 Å². The highest BCUT2D eigenvalue weighted by molar-refractivity contribution is 9.09. The minimum Gasteiger partial charge on any atom is -0.391 e. The number of unbranched alkanes of at least 4 members (excludes halogenated alkanes) is 9. The molecule has 0 radical (unpaired) electrons. The molecule has 0 aromatic rings. The summed E-state index contributed by atoms with van der Waals surface area (Å²) in [5.41, 5.74) is 0. The first kappa shape index (κ1) is 36.8. The summed E-state index contributed by atoms with van der Waals surface area (Å²) in [4.78, 5) is 0.973. The van der Waals surface area contributed by atoms with Crippen molar-refractivity contribution >= 4 is 31.9 Å². The zero-order valence-corrected chi connectivity index (χ0v) is 27.8. The molecular formula is C30H64Br2N2O2+2. The van der Waals surface area contributed by atoms with Gasteiger partial charge in [-0.1, -0.05) is 79.1 Å². The lowest BCUT2D eigenvalue weighted by Crippen LogP contribution is -2.55. The summed E-state index contributed by atoms with van der Waals surface area (Å²) in [5.74, 6) is 0. The van der Waals surface area contributed by atoms with E-state index in [4.69, 9.17) is 0 Å². The maximum Gasteiger partial charge on any atom is 0.144 e. The number of quaternary nitrogens is 2. The molecule has 0 saturated carbocycles. The first-order valence-corrected chi connectivity index (χ1v) is 17.5. The monoisotopic (exact) mass is 642 g/mol. The van der Waals surface area contributed by atoms with Gasteiger partial charge in [0.2, 0.25) is 0 Å². The summed E-state index contributed by atoms with van der Waals surface area (Å²) < 4.78 is 2.08. The van der Waals surface area contributed by atoms with Crippen LogP contribution in [0.4, 0.5) is 0 Å². The van der Waals surface area contributed by atoms with Crippen molar-refractivity contribution in [2.24, 2.45) is 0 Å². The number of alkyl halides is 2. The van der Waals surface area contributed by atoms with Crippen LogP contribution in [0.5, 0.6) is 0 Å². The van der Waals surface area contributed by atoms with Gasteiger partial charge in [-0.15, -0.1) is 0 Å². The molecule has 2 N–H and O–H groups in total. The van der Waals surface area contributed by atoms with Gasteiger partial charge >= 0.3 is 0 Å². The summed E-state index contributed by atoms with van der Waals surface area (Å²) in [6, 6.07) is 0. The predicted molar refractivity (Wildman–Crippen MR) is 166 cm³/mol. The normalized spacial score (nSPS) is 14.3. The summed E-state index contributed by atoms with van der Waals surface area (Å²) in [5, 5.41) is 19.3. The van der Waals surface area contributed by atoms with E-state index >= 15 is 0 Å². The molecule has 218 valence electrons. The van der Waals surface area contributed by atoms with Crippen molar-refractivity contribution < 1.29 is 19.2 Å². The maximum atomic E-state index is 9.63. The van der Waals surface area contributed by atoms with E-state index in [2.05, 4.69) is 59.6 Å². The van der Waals surface area contributed by atoms with Crippen LogP contribution in [0.15, 0.2) is 0 Å². The molecule has 4 nitrogen and oxygen atoms in total. The van der Waals surface area contributed by atoms with Crippen molar-refractivity contribution in [3.8, 4) is 0 Å². The first-order chi connectivity index (χ1) is 17.4. The number of nitrogens with zero attached hydrogens (tertiary/aromatic N) is 2. The second-order valence-corrected chi connectivity index (χ2v) is 13.3. The molecule has 0 bridgehead atoms. The molecule has 0 spiro atoms. The highest BCUT2D eigenvalue weighted by Crippen LogP contribution is 2.27. The lowest BCUT2D eigenvalue weighted by molar-refractivity contribution is -0.936. The minimum absolute atomic E-state index is 0.292. The Kier molecular flexibility index (Phi) is 24.2. The molecule has 0 heterocycles. The van der Waals surface area contributed by atoms with Crippen molar-refractivity contribution in [1.82, 2.24) is 0 Å². The number of aliphatic hydroxyl groups excluding tert-OH is 2. The standard InChI is InChI=1S/C30H64Br2N2O2/c1-5-21-33(22-6-2,25-27-35)29(31)19-17-15-13-11-9-10-12-14-16-18-20-30(32)34(23-7-3,24-8-4)26-28-36/h29-30,35-36H,5-28H2,1-4H3/q+2. The number of aliphatic hydroxyl groups is 2. The Balaban J connectivity index is 3.98. The predicted octanol–water partition coefficient (Wildman–Crippen LogP) is 8.37. The van der Waals surface area contributed by atoms with Crippen LogP contribution in [0.2, 0.25) is 0 Å². The lowest BCUT2D eigenvalue weighted by atomic mass is 10.0. The van der Waals surface area contributed by atoms with Crippen LogP contribution in [0, 0.1) is 0 Å². The van der Waals surface area contributed by atoms with Gasteiger partial charge in [0.15, 0.2) is 0 Å². The number of hydrogen-bond acceptors (Lipinski definition) is 2. The third-order valence-electron chi connectivity index (χ3n) is 8.09. The van der Waals surface area contributed by atoms with Crippen molar-refractivity contribution in [3.63, 3.8) is 0 Å². The highest BCUT2D eigenvalue weighted by atomic mass is 79.9. The van der Waals surface area contributed by atoms with Gasteiger partial charge in [-0.25, -0.2) is 0 Å². The van der Waals surface area contributed by atoms with Gasteiger partial charge in [0.05, 0.1) is 39.4 Å². The third kappa shape index (κ3) is 14.8. The Morgan fingerprint density at radius 1 is 0.444 bits per heavy atom. The molecule has 0 saturated heterocycles. The Morgan fingerprint density at radius 2 is 0.694 bits per heavy atom. The van der Waals surface area contributed by atoms with Crippen molar-refractivity contribution in [1.29, 1.82) is 0 Å². The van der Waals surface area contributed by atoms with Gasteiger partial charge in [-0.3, -0.25) is 0 Å². The second kappa shape index (κ2) is 23.7. The van der Waals surface area contributed by atoms with Crippen LogP contribution >= 0.6 is 31.9 Å². The third-order valence-corrected chi connectivity index (χ3v) is 10.7. The average molecular weight is 645 g/mol. The van der Waals surface area contributed by atoms with E-state index in [9.17, 15) is 10.2 Å². The van der Waals surface area contributed by atoms with Crippen LogP contribution in [0.25, 0.3) is 0 Å². The molecule has 0 rings (SSSR count). The number of rotatable bonds is 27. The molecule has 0 fully saturated rings. The van der Waals surface area contributed by atoms with E-state index in [0.717, 1.165) is 22.1 Å². The van der Waals surface area contributed by atoms with Gasteiger partial charge in [-0.05, 0) is 70.4 Å².